The van der Waals surface area contributed by atoms with Gasteiger partial charge in [-0.05, 0) is 56.3 Å². The summed E-state index contributed by atoms with van der Waals surface area (Å²) in [5, 5.41) is 13.2. The van der Waals surface area contributed by atoms with Crippen LogP contribution in [0.3, 0.4) is 0 Å². The van der Waals surface area contributed by atoms with E-state index in [2.05, 4.69) is 10.6 Å². The van der Waals surface area contributed by atoms with E-state index in [4.69, 9.17) is 5.11 Å². The lowest BCUT2D eigenvalue weighted by atomic mass is 9.84. The summed E-state index contributed by atoms with van der Waals surface area (Å²) in [6.45, 7) is 6.79. The monoisotopic (exact) mass is 541 g/mol. The smallest absolute Gasteiger partial charge is 0.452 e. The van der Waals surface area contributed by atoms with Gasteiger partial charge < -0.3 is 15.7 Å². The molecule has 1 aliphatic rings. The average molecular weight is 542 g/mol. The van der Waals surface area contributed by atoms with Crippen LogP contribution in [0.5, 0.6) is 0 Å². The van der Waals surface area contributed by atoms with Gasteiger partial charge in [0, 0.05) is 11.1 Å². The van der Waals surface area contributed by atoms with Crippen LogP contribution in [-0.4, -0.2) is 76.7 Å². The topological polar surface area (TPSA) is 133 Å². The molecule has 0 aromatic heterocycles. The van der Waals surface area contributed by atoms with Crippen LogP contribution in [0.2, 0.25) is 0 Å². The predicted octanol–water partition coefficient (Wildman–Crippen LogP) is 2.84. The molecular formula is C26H34F3N3O6. The number of hydrogen-bond acceptors (Lipinski definition) is 6. The number of carboxylic acids is 1. The van der Waals surface area contributed by atoms with Crippen molar-refractivity contribution < 1.29 is 42.3 Å². The van der Waals surface area contributed by atoms with Gasteiger partial charge in [0.15, 0.2) is 11.3 Å². The summed E-state index contributed by atoms with van der Waals surface area (Å²) in [6, 6.07) is 3.36. The van der Waals surface area contributed by atoms with Crippen LogP contribution in [-0.2, 0) is 14.4 Å². The van der Waals surface area contributed by atoms with Gasteiger partial charge in [0.25, 0.3) is 11.7 Å². The molecule has 0 radical (unpaired) electrons. The third-order valence-corrected chi connectivity index (χ3v) is 6.56. The molecule has 2 amide bonds. The normalized spacial score (nSPS) is 18.9. The number of carboxylic acid groups (broad SMARTS) is 1. The third-order valence-electron chi connectivity index (χ3n) is 6.56. The van der Waals surface area contributed by atoms with Crippen LogP contribution in [0, 0.1) is 11.8 Å². The Hall–Kier alpha value is -3.28. The van der Waals surface area contributed by atoms with Crippen molar-refractivity contribution in [2.24, 2.45) is 11.8 Å². The van der Waals surface area contributed by atoms with Crippen LogP contribution in [0.15, 0.2) is 24.3 Å². The zero-order valence-electron chi connectivity index (χ0n) is 21.9. The van der Waals surface area contributed by atoms with Crippen molar-refractivity contribution >= 4 is 29.4 Å². The zero-order chi connectivity index (χ0) is 28.8. The minimum Gasteiger partial charge on any atom is -0.480 e. The summed E-state index contributed by atoms with van der Waals surface area (Å²) < 4.78 is 39.8. The highest BCUT2D eigenvalue weighted by molar-refractivity contribution is 6.19. The van der Waals surface area contributed by atoms with Crippen LogP contribution >= 0.6 is 0 Å². The molecule has 0 aliphatic carbocycles. The first-order chi connectivity index (χ1) is 17.6. The number of rotatable bonds is 12. The lowest BCUT2D eigenvalue weighted by Crippen LogP contribution is -2.64. The van der Waals surface area contributed by atoms with Crippen molar-refractivity contribution in [1.82, 2.24) is 15.5 Å². The van der Waals surface area contributed by atoms with Gasteiger partial charge in [0.2, 0.25) is 5.91 Å². The molecule has 38 heavy (non-hydrogen) atoms. The van der Waals surface area contributed by atoms with Crippen molar-refractivity contribution in [3.63, 3.8) is 0 Å². The van der Waals surface area contributed by atoms with E-state index >= 15 is 0 Å². The Morgan fingerprint density at radius 2 is 1.61 bits per heavy atom. The minimum atomic E-state index is -5.16. The van der Waals surface area contributed by atoms with Crippen molar-refractivity contribution in [2.75, 3.05) is 19.6 Å². The van der Waals surface area contributed by atoms with Gasteiger partial charge in [0.1, 0.15) is 6.54 Å². The summed E-state index contributed by atoms with van der Waals surface area (Å²) in [7, 11) is 0. The Morgan fingerprint density at radius 1 is 1.03 bits per heavy atom. The minimum absolute atomic E-state index is 0.0433. The quantitative estimate of drug-likeness (QED) is 0.274. The number of ketones is 2. The van der Waals surface area contributed by atoms with Gasteiger partial charge in [0.05, 0.1) is 6.04 Å². The van der Waals surface area contributed by atoms with Crippen LogP contribution in [0.25, 0.3) is 0 Å². The third kappa shape index (κ3) is 7.18. The second-order valence-electron chi connectivity index (χ2n) is 10.2. The molecule has 1 saturated heterocycles. The molecule has 2 atom stereocenters. The second-order valence-corrected chi connectivity index (χ2v) is 10.2. The second kappa shape index (κ2) is 12.5. The molecule has 0 spiro atoms. The van der Waals surface area contributed by atoms with Crippen molar-refractivity contribution in [3.05, 3.63) is 35.4 Å². The molecule has 12 heteroatoms. The summed E-state index contributed by atoms with van der Waals surface area (Å²) in [6.07, 6.45) is -4.06. The average Bonchev–Trinajstić information content (AvgIpc) is 3.27. The van der Waals surface area contributed by atoms with Gasteiger partial charge in [-0.2, -0.15) is 13.2 Å². The molecule has 1 heterocycles. The van der Waals surface area contributed by atoms with E-state index in [9.17, 15) is 37.1 Å². The molecule has 1 aromatic carbocycles. The molecule has 1 aliphatic heterocycles. The van der Waals surface area contributed by atoms with E-state index in [0.717, 1.165) is 0 Å². The molecule has 2 rings (SSSR count). The number of alkyl halides is 3. The largest absolute Gasteiger partial charge is 0.480 e. The Bertz CT molecular complexity index is 1060. The van der Waals surface area contributed by atoms with E-state index in [1.165, 1.54) is 38.1 Å². The number of likely N-dealkylation sites (tertiary alicyclic amines) is 1. The van der Waals surface area contributed by atoms with Gasteiger partial charge >= 0.3 is 12.1 Å². The number of nitrogens with zero attached hydrogens (tertiary/aromatic N) is 1. The fourth-order valence-electron chi connectivity index (χ4n) is 4.45. The van der Waals surface area contributed by atoms with E-state index in [1.807, 2.05) is 13.8 Å². The van der Waals surface area contributed by atoms with Gasteiger partial charge in [-0.15, -0.1) is 0 Å². The molecule has 3 N–H and O–H groups in total. The number of carbonyl (C=O) groups excluding carboxylic acids is 4. The maximum Gasteiger partial charge on any atom is 0.452 e. The fourth-order valence-corrected chi connectivity index (χ4v) is 4.45. The number of benzene rings is 1. The lowest BCUT2D eigenvalue weighted by molar-refractivity contribution is -0.175. The number of carbonyl (C=O) groups is 5. The summed E-state index contributed by atoms with van der Waals surface area (Å²) in [5.74, 6) is -6.28. The molecule has 1 fully saturated rings. The van der Waals surface area contributed by atoms with Gasteiger partial charge in [-0.25, -0.2) is 0 Å². The molecule has 1 aromatic rings. The number of hydrogen-bond donors (Lipinski definition) is 3. The summed E-state index contributed by atoms with van der Waals surface area (Å²) in [5.41, 5.74) is -1.70. The highest BCUT2D eigenvalue weighted by Crippen LogP contribution is 2.35. The van der Waals surface area contributed by atoms with Gasteiger partial charge in [-0.1, -0.05) is 39.8 Å². The number of amides is 2. The fraction of sp³-hybridized carbons (Fsp3) is 0.577. The molecule has 210 valence electrons. The first-order valence-corrected chi connectivity index (χ1v) is 12.4. The van der Waals surface area contributed by atoms with E-state index in [-0.39, 0.29) is 23.5 Å². The first-order valence-electron chi connectivity index (χ1n) is 12.4. The van der Waals surface area contributed by atoms with Crippen LogP contribution in [0.1, 0.15) is 67.7 Å². The van der Waals surface area contributed by atoms with E-state index in [1.54, 1.807) is 4.90 Å². The highest BCUT2D eigenvalue weighted by atomic mass is 19.4. The number of Topliss-reactive ketones (excluding diaryl/α,β-unsaturated/α-hetero) is 2. The Balaban J connectivity index is 2.45. The number of halogens is 3. The van der Waals surface area contributed by atoms with Crippen molar-refractivity contribution in [3.8, 4) is 0 Å². The predicted molar refractivity (Wildman–Crippen MR) is 132 cm³/mol. The Morgan fingerprint density at radius 3 is 2.11 bits per heavy atom. The van der Waals surface area contributed by atoms with E-state index in [0.29, 0.717) is 25.9 Å². The molecule has 0 bridgehead atoms. The van der Waals surface area contributed by atoms with Crippen LogP contribution < -0.4 is 10.6 Å². The lowest BCUT2D eigenvalue weighted by Gasteiger charge is -2.38. The first kappa shape index (κ1) is 30.9. The number of nitrogens with one attached hydrogen (secondary N) is 2. The standard InChI is InChI=1S/C26H34F3N3O6/c1-15(2)10-13-32-12-5-11-25(32,24(38)31-20(16(3)4)22(36)26(27,28)29)21(35)17-6-8-18(9-7-17)23(37)30-14-19(33)34/h6-9,15-16,20H,5,10-14H2,1-4H3,(H,30,37)(H,31,38)(H,33,34)/t20?,25-/m1/s1. The van der Waals surface area contributed by atoms with Crippen molar-refractivity contribution in [2.45, 2.75) is 64.7 Å². The van der Waals surface area contributed by atoms with Crippen molar-refractivity contribution in [1.29, 1.82) is 0 Å². The maximum atomic E-state index is 13.9. The zero-order valence-corrected chi connectivity index (χ0v) is 21.9. The van der Waals surface area contributed by atoms with E-state index < -0.39 is 59.6 Å². The molecule has 0 saturated carbocycles. The summed E-state index contributed by atoms with van der Waals surface area (Å²) >= 11 is 0. The Labute approximate surface area is 219 Å². The maximum absolute atomic E-state index is 13.9. The SMILES string of the molecule is CC(C)CCN1CCC[C@]1(C(=O)NC(C(=O)C(F)(F)F)C(C)C)C(=O)c1ccc(C(=O)NCC(=O)O)cc1. The molecule has 1 unspecified atom stereocenters. The highest BCUT2D eigenvalue weighted by Gasteiger charge is 2.55. The van der Waals surface area contributed by atoms with Crippen LogP contribution in [0.4, 0.5) is 13.2 Å². The Kier molecular flexibility index (Phi) is 10.2. The number of aliphatic carboxylic acids is 1. The molecule has 9 nitrogen and oxygen atoms in total. The summed E-state index contributed by atoms with van der Waals surface area (Å²) in [4.78, 5) is 64.1. The molecular weight excluding hydrogens is 507 g/mol. The van der Waals surface area contributed by atoms with Gasteiger partial charge in [-0.3, -0.25) is 28.9 Å².